The highest BCUT2D eigenvalue weighted by molar-refractivity contribution is 5.96. The number of non-ortho nitro benzene ring substituents is 1. The van der Waals surface area contributed by atoms with Gasteiger partial charge in [-0.1, -0.05) is 0 Å². The summed E-state index contributed by atoms with van der Waals surface area (Å²) in [6, 6.07) is 6.73. The number of hydrogen-bond donors (Lipinski definition) is 2. The summed E-state index contributed by atoms with van der Waals surface area (Å²) in [7, 11) is 0. The highest BCUT2D eigenvalue weighted by Gasteiger charge is 2.14. The van der Waals surface area contributed by atoms with Crippen LogP contribution < -0.4 is 5.32 Å². The Hall–Kier alpha value is -3.03. The van der Waals surface area contributed by atoms with Crippen molar-refractivity contribution < 1.29 is 4.92 Å². The van der Waals surface area contributed by atoms with Crippen LogP contribution in [0.3, 0.4) is 0 Å². The molecule has 1 aromatic carbocycles. The van der Waals surface area contributed by atoms with Crippen molar-refractivity contribution in [3.05, 3.63) is 52.7 Å². The van der Waals surface area contributed by atoms with Gasteiger partial charge in [0.2, 0.25) is 0 Å². The van der Waals surface area contributed by atoms with E-state index in [-0.39, 0.29) is 5.69 Å². The monoisotopic (exact) mass is 284 g/mol. The van der Waals surface area contributed by atoms with Gasteiger partial charge in [-0.15, -0.1) is 0 Å². The fourth-order valence-corrected chi connectivity index (χ4v) is 2.13. The molecule has 0 aliphatic heterocycles. The first kappa shape index (κ1) is 13.0. The Kier molecular flexibility index (Phi) is 3.42. The van der Waals surface area contributed by atoms with Crippen molar-refractivity contribution in [2.24, 2.45) is 0 Å². The zero-order valence-electron chi connectivity index (χ0n) is 11.0. The van der Waals surface area contributed by atoms with E-state index in [2.05, 4.69) is 25.5 Å². The van der Waals surface area contributed by atoms with Gasteiger partial charge in [-0.25, -0.2) is 9.97 Å². The average molecular weight is 284 g/mol. The summed E-state index contributed by atoms with van der Waals surface area (Å²) in [4.78, 5) is 18.7. The molecule has 2 aromatic heterocycles. The topological polar surface area (TPSA) is 110 Å². The Bertz CT molecular complexity index is 771. The molecule has 3 rings (SSSR count). The van der Waals surface area contributed by atoms with Crippen LogP contribution in [0, 0.1) is 10.1 Å². The van der Waals surface area contributed by atoms with Crippen molar-refractivity contribution in [1.29, 1.82) is 0 Å². The van der Waals surface area contributed by atoms with Gasteiger partial charge in [0.1, 0.15) is 17.7 Å². The van der Waals surface area contributed by atoms with Gasteiger partial charge in [-0.05, 0) is 18.2 Å². The third kappa shape index (κ3) is 2.64. The van der Waals surface area contributed by atoms with Crippen LogP contribution in [-0.2, 0) is 6.42 Å². The van der Waals surface area contributed by atoms with Crippen molar-refractivity contribution in [2.45, 2.75) is 6.42 Å². The minimum Gasteiger partial charge on any atom is -0.384 e. The van der Waals surface area contributed by atoms with E-state index < -0.39 is 4.92 Å². The second-order valence-electron chi connectivity index (χ2n) is 4.40. The van der Waals surface area contributed by atoms with E-state index in [4.69, 9.17) is 0 Å². The Balaban J connectivity index is 1.85. The van der Waals surface area contributed by atoms with E-state index in [0.29, 0.717) is 18.5 Å². The molecule has 0 saturated heterocycles. The van der Waals surface area contributed by atoms with E-state index in [9.17, 15) is 10.1 Å². The van der Waals surface area contributed by atoms with Crippen LogP contribution in [-0.4, -0.2) is 31.6 Å². The average Bonchev–Trinajstić information content (AvgIpc) is 3.00. The van der Waals surface area contributed by atoms with Gasteiger partial charge in [0.15, 0.2) is 0 Å². The highest BCUT2D eigenvalue weighted by atomic mass is 16.6. The Morgan fingerprint density at radius 2 is 2.19 bits per heavy atom. The van der Waals surface area contributed by atoms with Crippen LogP contribution in [0.2, 0.25) is 0 Å². The van der Waals surface area contributed by atoms with Gasteiger partial charge in [-0.3, -0.25) is 15.2 Å². The third-order valence-electron chi connectivity index (χ3n) is 3.09. The molecule has 0 radical (unpaired) electrons. The summed E-state index contributed by atoms with van der Waals surface area (Å²) < 4.78 is 0. The zero-order chi connectivity index (χ0) is 14.7. The molecule has 0 fully saturated rings. The van der Waals surface area contributed by atoms with Crippen LogP contribution in [0.15, 0.2) is 36.8 Å². The van der Waals surface area contributed by atoms with Gasteiger partial charge < -0.3 is 5.32 Å². The molecule has 0 bridgehead atoms. The molecule has 2 N–H and O–H groups in total. The number of aromatic nitrogens is 4. The van der Waals surface area contributed by atoms with Gasteiger partial charge in [0.05, 0.1) is 4.92 Å². The lowest BCUT2D eigenvalue weighted by Gasteiger charge is -2.08. The molecular weight excluding hydrogens is 272 g/mol. The number of anilines is 1. The van der Waals surface area contributed by atoms with Gasteiger partial charge in [0.25, 0.3) is 5.69 Å². The normalized spacial score (nSPS) is 10.7. The number of nitrogens with one attached hydrogen (secondary N) is 2. The molecule has 0 aliphatic rings. The Morgan fingerprint density at radius 1 is 1.29 bits per heavy atom. The fourth-order valence-electron chi connectivity index (χ4n) is 2.13. The van der Waals surface area contributed by atoms with E-state index in [1.165, 1.54) is 12.4 Å². The number of nitro groups is 1. The summed E-state index contributed by atoms with van der Waals surface area (Å²) >= 11 is 0. The molecule has 106 valence electrons. The van der Waals surface area contributed by atoms with Gasteiger partial charge in [0, 0.05) is 36.3 Å². The predicted molar refractivity (Wildman–Crippen MR) is 77.0 cm³/mol. The van der Waals surface area contributed by atoms with E-state index in [1.807, 2.05) is 6.07 Å². The largest absolute Gasteiger partial charge is 0.384 e. The standard InChI is InChI=1S/C13H12N6O2/c20-19(21)11-4-3-10(9-2-1-6-15-13(9)11)14-7-5-12-16-8-17-18-12/h1-4,6,8,14H,5,7H2,(H,16,17,18). The summed E-state index contributed by atoms with van der Waals surface area (Å²) in [6.45, 7) is 0.636. The number of H-pyrrole nitrogens is 1. The van der Waals surface area contributed by atoms with Crippen LogP contribution >= 0.6 is 0 Å². The summed E-state index contributed by atoms with van der Waals surface area (Å²) in [5, 5.41) is 21.6. The first-order valence-electron chi connectivity index (χ1n) is 6.36. The zero-order valence-corrected chi connectivity index (χ0v) is 11.0. The molecule has 21 heavy (non-hydrogen) atoms. The highest BCUT2D eigenvalue weighted by Crippen LogP contribution is 2.29. The van der Waals surface area contributed by atoms with E-state index in [1.54, 1.807) is 18.3 Å². The molecule has 0 atom stereocenters. The number of nitrogens with zero attached hydrogens (tertiary/aromatic N) is 4. The molecule has 0 saturated carbocycles. The lowest BCUT2D eigenvalue weighted by molar-refractivity contribution is -0.383. The van der Waals surface area contributed by atoms with Gasteiger partial charge >= 0.3 is 0 Å². The minimum atomic E-state index is -0.423. The maximum Gasteiger partial charge on any atom is 0.295 e. The molecule has 8 nitrogen and oxygen atoms in total. The van der Waals surface area contributed by atoms with Crippen molar-refractivity contribution in [1.82, 2.24) is 20.2 Å². The fraction of sp³-hybridized carbons (Fsp3) is 0.154. The number of aromatic amines is 1. The molecule has 2 heterocycles. The van der Waals surface area contributed by atoms with E-state index in [0.717, 1.165) is 16.9 Å². The number of benzene rings is 1. The van der Waals surface area contributed by atoms with Gasteiger partial charge in [-0.2, -0.15) is 5.10 Å². The van der Waals surface area contributed by atoms with Crippen molar-refractivity contribution in [3.8, 4) is 0 Å². The number of nitro benzene ring substituents is 1. The Labute approximate surface area is 119 Å². The minimum absolute atomic E-state index is 0.00591. The second kappa shape index (κ2) is 5.53. The predicted octanol–water partition coefficient (Wildman–Crippen LogP) is 1.92. The van der Waals surface area contributed by atoms with Crippen LogP contribution in [0.5, 0.6) is 0 Å². The molecule has 0 aliphatic carbocycles. The SMILES string of the molecule is O=[N+]([O-])c1ccc(NCCc2ncn[nH]2)c2cccnc12. The molecular formula is C13H12N6O2. The molecule has 3 aromatic rings. The van der Waals surface area contributed by atoms with E-state index >= 15 is 0 Å². The number of pyridine rings is 1. The molecule has 0 unspecified atom stereocenters. The van der Waals surface area contributed by atoms with Crippen LogP contribution in [0.4, 0.5) is 11.4 Å². The molecule has 8 heteroatoms. The van der Waals surface area contributed by atoms with Crippen LogP contribution in [0.25, 0.3) is 10.9 Å². The third-order valence-corrected chi connectivity index (χ3v) is 3.09. The second-order valence-corrected chi connectivity index (χ2v) is 4.40. The number of rotatable bonds is 5. The maximum absolute atomic E-state index is 11.0. The first-order valence-corrected chi connectivity index (χ1v) is 6.36. The lowest BCUT2D eigenvalue weighted by atomic mass is 10.1. The van der Waals surface area contributed by atoms with Crippen molar-refractivity contribution >= 4 is 22.3 Å². The summed E-state index contributed by atoms with van der Waals surface area (Å²) in [5.41, 5.74) is 1.20. The summed E-state index contributed by atoms with van der Waals surface area (Å²) in [6.07, 6.45) is 3.69. The Morgan fingerprint density at radius 3 is 2.95 bits per heavy atom. The first-order chi connectivity index (χ1) is 10.3. The quantitative estimate of drug-likeness (QED) is 0.547. The number of hydrogen-bond acceptors (Lipinski definition) is 6. The van der Waals surface area contributed by atoms with Crippen molar-refractivity contribution in [2.75, 3.05) is 11.9 Å². The lowest BCUT2D eigenvalue weighted by Crippen LogP contribution is -2.07. The maximum atomic E-state index is 11.0. The molecule has 0 spiro atoms. The molecule has 0 amide bonds. The van der Waals surface area contributed by atoms with Crippen LogP contribution in [0.1, 0.15) is 5.82 Å². The number of fused-ring (bicyclic) bond motifs is 1. The van der Waals surface area contributed by atoms with Crippen molar-refractivity contribution in [3.63, 3.8) is 0 Å². The smallest absolute Gasteiger partial charge is 0.295 e. The summed E-state index contributed by atoms with van der Waals surface area (Å²) in [5.74, 6) is 0.784.